The Morgan fingerprint density at radius 3 is 2.54 bits per heavy atom. The smallest absolute Gasteiger partial charge is 0.345 e. The summed E-state index contributed by atoms with van der Waals surface area (Å²) < 4.78 is 16.3. The number of rotatable bonds is 7. The Hall–Kier alpha value is -4.71. The molecule has 184 valence electrons. The molecule has 1 N–H and O–H groups in total. The third-order valence-corrected chi connectivity index (χ3v) is 6.93. The van der Waals surface area contributed by atoms with E-state index in [1.165, 1.54) is 12.3 Å². The molecule has 1 aromatic carbocycles. The fourth-order valence-electron chi connectivity index (χ4n) is 3.97. The molecule has 0 aliphatic carbocycles. The number of ether oxygens (including phenoxy) is 2. The van der Waals surface area contributed by atoms with Gasteiger partial charge in [-0.1, -0.05) is 17.3 Å². The Morgan fingerprint density at radius 1 is 1.11 bits per heavy atom. The first-order valence-corrected chi connectivity index (χ1v) is 12.1. The monoisotopic (exact) mass is 513 g/mol. The summed E-state index contributed by atoms with van der Waals surface area (Å²) in [5, 5.41) is 32.6. The van der Waals surface area contributed by atoms with Crippen LogP contribution in [0.5, 0.6) is 5.88 Å². The van der Waals surface area contributed by atoms with E-state index in [-0.39, 0.29) is 28.5 Å². The minimum atomic E-state index is -1.13. The van der Waals surface area contributed by atoms with Gasteiger partial charge in [0.1, 0.15) is 41.1 Å². The number of aromatic carboxylic acids is 1. The maximum absolute atomic E-state index is 11.3. The fraction of sp³-hybridized carbons (Fsp3) is 0.192. The van der Waals surface area contributed by atoms with E-state index < -0.39 is 5.97 Å². The fourth-order valence-corrected chi connectivity index (χ4v) is 4.83. The summed E-state index contributed by atoms with van der Waals surface area (Å²) in [4.78, 5) is 18.6. The number of nitriles is 2. The van der Waals surface area contributed by atoms with E-state index in [0.29, 0.717) is 35.0 Å². The molecule has 0 unspecified atom stereocenters. The molecule has 0 bridgehead atoms. The average molecular weight is 514 g/mol. The number of hydrogen-bond acceptors (Lipinski definition) is 10. The van der Waals surface area contributed by atoms with Gasteiger partial charge in [-0.05, 0) is 24.3 Å². The minimum absolute atomic E-state index is 0.0287. The van der Waals surface area contributed by atoms with Crippen LogP contribution in [0.15, 0.2) is 53.3 Å². The Bertz CT molecular complexity index is 1510. The summed E-state index contributed by atoms with van der Waals surface area (Å²) in [5.74, 6) is -1.08. The van der Waals surface area contributed by atoms with E-state index in [0.717, 1.165) is 35.7 Å². The predicted octanol–water partition coefficient (Wildman–Crippen LogP) is 4.32. The molecule has 0 saturated carbocycles. The van der Waals surface area contributed by atoms with Crippen molar-refractivity contribution < 1.29 is 23.9 Å². The molecule has 1 aliphatic rings. The number of carboxylic acid groups (broad SMARTS) is 1. The van der Waals surface area contributed by atoms with Crippen molar-refractivity contribution >= 4 is 23.0 Å². The maximum atomic E-state index is 11.3. The number of thiophene rings is 1. The number of hydrogen-bond donors (Lipinski definition) is 1. The number of carboxylic acids is 1. The van der Waals surface area contributed by atoms with Crippen LogP contribution >= 0.6 is 11.3 Å². The van der Waals surface area contributed by atoms with Gasteiger partial charge in [0.15, 0.2) is 0 Å². The molecule has 11 heteroatoms. The van der Waals surface area contributed by atoms with Crippen molar-refractivity contribution in [3.63, 3.8) is 0 Å². The third-order valence-electron chi connectivity index (χ3n) is 5.83. The SMILES string of the molecule is N#Cc1cc(C(=O)O)sc1COc1nc(-c2ccc(N3CCOCC3)cc2)cc(-c2ccon2)c1C#N. The van der Waals surface area contributed by atoms with E-state index in [1.807, 2.05) is 30.3 Å². The first-order chi connectivity index (χ1) is 18.1. The van der Waals surface area contributed by atoms with Crippen molar-refractivity contribution in [2.24, 2.45) is 0 Å². The normalized spacial score (nSPS) is 13.1. The zero-order chi connectivity index (χ0) is 25.8. The van der Waals surface area contributed by atoms with Crippen LogP contribution in [0.1, 0.15) is 25.7 Å². The van der Waals surface area contributed by atoms with Gasteiger partial charge in [-0.25, -0.2) is 9.78 Å². The Balaban J connectivity index is 1.51. The molecule has 0 amide bonds. The van der Waals surface area contributed by atoms with Crippen molar-refractivity contribution in [3.05, 3.63) is 69.6 Å². The summed E-state index contributed by atoms with van der Waals surface area (Å²) in [7, 11) is 0. The number of carbonyl (C=O) groups is 1. The van der Waals surface area contributed by atoms with Crippen LogP contribution in [0.4, 0.5) is 5.69 Å². The number of pyridine rings is 1. The van der Waals surface area contributed by atoms with Gasteiger partial charge in [-0.2, -0.15) is 10.5 Å². The van der Waals surface area contributed by atoms with Gasteiger partial charge >= 0.3 is 5.97 Å². The molecule has 1 aliphatic heterocycles. The molecular weight excluding hydrogens is 494 g/mol. The lowest BCUT2D eigenvalue weighted by molar-refractivity contribution is 0.0702. The van der Waals surface area contributed by atoms with Gasteiger partial charge in [0, 0.05) is 36.0 Å². The summed E-state index contributed by atoms with van der Waals surface area (Å²) >= 11 is 0.944. The molecule has 0 atom stereocenters. The highest BCUT2D eigenvalue weighted by molar-refractivity contribution is 7.14. The van der Waals surface area contributed by atoms with E-state index in [4.69, 9.17) is 14.0 Å². The highest BCUT2D eigenvalue weighted by Crippen LogP contribution is 2.34. The minimum Gasteiger partial charge on any atom is -0.477 e. The zero-order valence-corrected chi connectivity index (χ0v) is 20.2. The van der Waals surface area contributed by atoms with Gasteiger partial charge in [0.25, 0.3) is 0 Å². The van der Waals surface area contributed by atoms with Gasteiger partial charge in [0.05, 0.1) is 29.3 Å². The lowest BCUT2D eigenvalue weighted by Crippen LogP contribution is -2.36. The van der Waals surface area contributed by atoms with Gasteiger partial charge in [-0.3, -0.25) is 0 Å². The van der Waals surface area contributed by atoms with Crippen LogP contribution in [0.25, 0.3) is 22.5 Å². The van der Waals surface area contributed by atoms with Crippen LogP contribution < -0.4 is 9.64 Å². The lowest BCUT2D eigenvalue weighted by atomic mass is 10.0. The summed E-state index contributed by atoms with van der Waals surface area (Å²) in [5.41, 5.74) is 3.70. The first kappa shape index (κ1) is 24.0. The molecule has 5 rings (SSSR count). The maximum Gasteiger partial charge on any atom is 0.345 e. The molecule has 4 aromatic rings. The first-order valence-electron chi connectivity index (χ1n) is 11.3. The zero-order valence-electron chi connectivity index (χ0n) is 19.4. The van der Waals surface area contributed by atoms with Crippen molar-refractivity contribution in [1.29, 1.82) is 10.5 Å². The number of benzene rings is 1. The van der Waals surface area contributed by atoms with Crippen molar-refractivity contribution in [2.45, 2.75) is 6.61 Å². The van der Waals surface area contributed by atoms with Crippen LogP contribution in [0.3, 0.4) is 0 Å². The Morgan fingerprint density at radius 2 is 1.89 bits per heavy atom. The molecular formula is C26H19N5O5S. The quantitative estimate of drug-likeness (QED) is 0.379. The van der Waals surface area contributed by atoms with Crippen LogP contribution in [-0.2, 0) is 11.3 Å². The summed E-state index contributed by atoms with van der Waals surface area (Å²) in [6.07, 6.45) is 1.41. The van der Waals surface area contributed by atoms with E-state index in [1.54, 1.807) is 12.1 Å². The van der Waals surface area contributed by atoms with Crippen LogP contribution in [0.2, 0.25) is 0 Å². The molecule has 10 nitrogen and oxygen atoms in total. The third kappa shape index (κ3) is 5.00. The lowest BCUT2D eigenvalue weighted by Gasteiger charge is -2.28. The number of aromatic nitrogens is 2. The highest BCUT2D eigenvalue weighted by Gasteiger charge is 2.21. The molecule has 0 radical (unpaired) electrons. The van der Waals surface area contributed by atoms with E-state index in [2.05, 4.69) is 21.1 Å². The van der Waals surface area contributed by atoms with E-state index >= 15 is 0 Å². The van der Waals surface area contributed by atoms with Crippen LogP contribution in [-0.4, -0.2) is 47.5 Å². The van der Waals surface area contributed by atoms with Gasteiger partial charge in [0.2, 0.25) is 5.88 Å². The second kappa shape index (κ2) is 10.5. The number of nitrogens with zero attached hydrogens (tertiary/aromatic N) is 5. The number of morpholine rings is 1. The highest BCUT2D eigenvalue weighted by atomic mass is 32.1. The largest absolute Gasteiger partial charge is 0.477 e. The van der Waals surface area contributed by atoms with Crippen molar-refractivity contribution in [1.82, 2.24) is 10.1 Å². The van der Waals surface area contributed by atoms with E-state index in [9.17, 15) is 20.4 Å². The molecule has 1 fully saturated rings. The molecule has 1 saturated heterocycles. The molecule has 37 heavy (non-hydrogen) atoms. The number of anilines is 1. The molecule has 4 heterocycles. The second-order valence-corrected chi connectivity index (χ2v) is 9.17. The Labute approximate surface area is 215 Å². The Kier molecular flexibility index (Phi) is 6.81. The average Bonchev–Trinajstić information content (AvgIpc) is 3.62. The molecule has 0 spiro atoms. The topological polar surface area (TPSA) is 146 Å². The standard InChI is InChI=1S/C26H19N5O5S/c27-13-17-11-23(26(32)33)37-24(17)15-35-25-20(14-28)19(21-5-8-36-30-21)12-22(29-25)16-1-3-18(4-2-16)31-6-9-34-10-7-31/h1-5,8,11-12H,6-7,9-10,15H2,(H,32,33). The van der Waals surface area contributed by atoms with Gasteiger partial charge in [-0.15, -0.1) is 11.3 Å². The second-order valence-electron chi connectivity index (χ2n) is 8.03. The van der Waals surface area contributed by atoms with Crippen molar-refractivity contribution in [2.75, 3.05) is 31.2 Å². The van der Waals surface area contributed by atoms with Gasteiger partial charge < -0.3 is 24.0 Å². The predicted molar refractivity (Wildman–Crippen MR) is 133 cm³/mol. The summed E-state index contributed by atoms with van der Waals surface area (Å²) in [6.45, 7) is 2.89. The van der Waals surface area contributed by atoms with Crippen molar-refractivity contribution in [3.8, 4) is 40.5 Å². The summed E-state index contributed by atoms with van der Waals surface area (Å²) in [6, 6.07) is 16.7. The molecule has 3 aromatic heterocycles. The van der Waals surface area contributed by atoms with Crippen LogP contribution in [0, 0.1) is 22.7 Å².